The van der Waals surface area contributed by atoms with E-state index in [1.54, 1.807) is 24.1 Å². The van der Waals surface area contributed by atoms with Gasteiger partial charge in [0.05, 0.1) is 12.0 Å². The second-order valence-electron chi connectivity index (χ2n) is 3.58. The van der Waals surface area contributed by atoms with Crippen molar-refractivity contribution in [3.63, 3.8) is 0 Å². The van der Waals surface area contributed by atoms with Gasteiger partial charge < -0.3 is 9.15 Å². The molecule has 2 rings (SSSR count). The molecule has 94 valence electrons. The van der Waals surface area contributed by atoms with Gasteiger partial charge in [-0.1, -0.05) is 12.1 Å². The van der Waals surface area contributed by atoms with Gasteiger partial charge in [0.1, 0.15) is 6.73 Å². The number of furan rings is 1. The van der Waals surface area contributed by atoms with E-state index in [2.05, 4.69) is 22.6 Å². The number of hydrogen-bond acceptors (Lipinski definition) is 3. The highest BCUT2D eigenvalue weighted by Crippen LogP contribution is 2.23. The maximum absolute atomic E-state index is 12.3. The Bertz CT molecular complexity index is 525. The van der Waals surface area contributed by atoms with E-state index in [0.29, 0.717) is 5.76 Å². The number of carbonyl (C=O) groups excluding carboxylic acids is 1. The molecule has 0 N–H and O–H groups in total. The second-order valence-corrected chi connectivity index (χ2v) is 4.74. The molecule has 0 radical (unpaired) electrons. The van der Waals surface area contributed by atoms with Crippen molar-refractivity contribution in [1.29, 1.82) is 0 Å². The molecule has 0 aliphatic rings. The number of nitrogens with zero attached hydrogens (tertiary/aromatic N) is 1. The Morgan fingerprint density at radius 1 is 1.33 bits per heavy atom. The van der Waals surface area contributed by atoms with Gasteiger partial charge >= 0.3 is 0 Å². The van der Waals surface area contributed by atoms with Crippen molar-refractivity contribution in [2.45, 2.75) is 0 Å². The number of carbonyl (C=O) groups is 1. The minimum atomic E-state index is -0.217. The third-order valence-corrected chi connectivity index (χ3v) is 3.29. The van der Waals surface area contributed by atoms with Crippen LogP contribution in [0, 0.1) is 3.57 Å². The number of ether oxygens (including phenoxy) is 1. The van der Waals surface area contributed by atoms with Crippen molar-refractivity contribution >= 4 is 34.2 Å². The summed E-state index contributed by atoms with van der Waals surface area (Å²) in [4.78, 5) is 13.8. The Labute approximate surface area is 119 Å². The predicted molar refractivity (Wildman–Crippen MR) is 76.6 cm³/mol. The monoisotopic (exact) mass is 357 g/mol. The van der Waals surface area contributed by atoms with Gasteiger partial charge in [0, 0.05) is 10.7 Å². The van der Waals surface area contributed by atoms with Crippen LogP contribution >= 0.6 is 22.6 Å². The lowest BCUT2D eigenvalue weighted by Gasteiger charge is -2.21. The zero-order valence-electron chi connectivity index (χ0n) is 9.80. The molecule has 0 unspecified atom stereocenters. The molecule has 5 heteroatoms. The highest BCUT2D eigenvalue weighted by atomic mass is 127. The van der Waals surface area contributed by atoms with E-state index in [1.807, 2.05) is 24.3 Å². The SMILES string of the molecule is COCN(C(=O)c1ccco1)c1ccccc1I. The zero-order valence-corrected chi connectivity index (χ0v) is 12.0. The summed E-state index contributed by atoms with van der Waals surface area (Å²) in [6.45, 7) is 0.180. The van der Waals surface area contributed by atoms with E-state index in [1.165, 1.54) is 6.26 Å². The normalized spacial score (nSPS) is 10.3. The van der Waals surface area contributed by atoms with E-state index in [4.69, 9.17) is 9.15 Å². The van der Waals surface area contributed by atoms with E-state index < -0.39 is 0 Å². The van der Waals surface area contributed by atoms with Crippen LogP contribution in [0.1, 0.15) is 10.6 Å². The molecule has 0 bridgehead atoms. The molecule has 0 saturated heterocycles. The van der Waals surface area contributed by atoms with Gasteiger partial charge in [-0.2, -0.15) is 0 Å². The van der Waals surface area contributed by atoms with Crippen LogP contribution in [0.4, 0.5) is 5.69 Å². The zero-order chi connectivity index (χ0) is 13.0. The molecule has 1 amide bonds. The van der Waals surface area contributed by atoms with E-state index >= 15 is 0 Å². The van der Waals surface area contributed by atoms with Crippen molar-refractivity contribution < 1.29 is 13.9 Å². The summed E-state index contributed by atoms with van der Waals surface area (Å²) in [7, 11) is 1.55. The Morgan fingerprint density at radius 3 is 2.72 bits per heavy atom. The number of anilines is 1. The van der Waals surface area contributed by atoms with E-state index in [-0.39, 0.29) is 12.6 Å². The molecule has 0 saturated carbocycles. The largest absolute Gasteiger partial charge is 0.459 e. The highest BCUT2D eigenvalue weighted by molar-refractivity contribution is 14.1. The van der Waals surface area contributed by atoms with Crippen molar-refractivity contribution in [1.82, 2.24) is 0 Å². The summed E-state index contributed by atoms with van der Waals surface area (Å²) < 4.78 is 11.2. The fourth-order valence-corrected chi connectivity index (χ4v) is 2.25. The molecule has 0 aliphatic carbocycles. The second kappa shape index (κ2) is 6.01. The molecule has 0 spiro atoms. The number of benzene rings is 1. The maximum atomic E-state index is 12.3. The summed E-state index contributed by atoms with van der Waals surface area (Å²) in [5, 5.41) is 0. The minimum Gasteiger partial charge on any atom is -0.459 e. The minimum absolute atomic E-state index is 0.180. The molecular weight excluding hydrogens is 345 g/mol. The number of methoxy groups -OCH3 is 1. The maximum Gasteiger partial charge on any atom is 0.295 e. The third kappa shape index (κ3) is 2.73. The van der Waals surface area contributed by atoms with Crippen LogP contribution in [0.3, 0.4) is 0 Å². The summed E-state index contributed by atoms with van der Waals surface area (Å²) in [5.41, 5.74) is 0.807. The van der Waals surface area contributed by atoms with Crippen molar-refractivity contribution in [2.75, 3.05) is 18.7 Å². The smallest absolute Gasteiger partial charge is 0.295 e. The van der Waals surface area contributed by atoms with Crippen LogP contribution in [0.25, 0.3) is 0 Å². The summed E-state index contributed by atoms with van der Waals surface area (Å²) in [6.07, 6.45) is 1.48. The summed E-state index contributed by atoms with van der Waals surface area (Å²) in [5.74, 6) is 0.0812. The standard InChI is InChI=1S/C13H12INO3/c1-17-9-15(11-6-3-2-5-10(11)14)13(16)12-7-4-8-18-12/h2-8H,9H2,1H3. The fourth-order valence-electron chi connectivity index (χ4n) is 1.57. The molecule has 1 aromatic heterocycles. The van der Waals surface area contributed by atoms with Gasteiger partial charge in [-0.15, -0.1) is 0 Å². The van der Waals surface area contributed by atoms with Gasteiger partial charge in [-0.25, -0.2) is 0 Å². The summed E-state index contributed by atoms with van der Waals surface area (Å²) >= 11 is 2.19. The number of para-hydroxylation sites is 1. The van der Waals surface area contributed by atoms with E-state index in [9.17, 15) is 4.79 Å². The first-order valence-corrected chi connectivity index (χ1v) is 6.40. The Kier molecular flexibility index (Phi) is 4.38. The highest BCUT2D eigenvalue weighted by Gasteiger charge is 2.21. The van der Waals surface area contributed by atoms with Crippen LogP contribution in [0.15, 0.2) is 47.1 Å². The Balaban J connectivity index is 2.34. The average molecular weight is 357 g/mol. The van der Waals surface area contributed by atoms with Crippen molar-refractivity contribution in [3.8, 4) is 0 Å². The first kappa shape index (κ1) is 13.1. The summed E-state index contributed by atoms with van der Waals surface area (Å²) in [6, 6.07) is 11.0. The molecule has 0 atom stereocenters. The number of rotatable bonds is 4. The van der Waals surface area contributed by atoms with E-state index in [0.717, 1.165) is 9.26 Å². The molecule has 18 heavy (non-hydrogen) atoms. The van der Waals surface area contributed by atoms with Crippen LogP contribution < -0.4 is 4.90 Å². The average Bonchev–Trinajstić information content (AvgIpc) is 2.90. The number of hydrogen-bond donors (Lipinski definition) is 0. The molecule has 1 heterocycles. The molecule has 4 nitrogen and oxygen atoms in total. The third-order valence-electron chi connectivity index (χ3n) is 2.38. The quantitative estimate of drug-likeness (QED) is 0.624. The topological polar surface area (TPSA) is 42.7 Å². The fraction of sp³-hybridized carbons (Fsp3) is 0.154. The van der Waals surface area contributed by atoms with Crippen LogP contribution in [0.5, 0.6) is 0 Å². The molecule has 0 fully saturated rings. The number of halogens is 1. The first-order chi connectivity index (χ1) is 8.74. The lowest BCUT2D eigenvalue weighted by molar-refractivity contribution is 0.0909. The van der Waals surface area contributed by atoms with Crippen molar-refractivity contribution in [2.24, 2.45) is 0 Å². The predicted octanol–water partition coefficient (Wildman–Crippen LogP) is 3.13. The first-order valence-electron chi connectivity index (χ1n) is 5.33. The van der Waals surface area contributed by atoms with Crippen LogP contribution in [0.2, 0.25) is 0 Å². The van der Waals surface area contributed by atoms with Gasteiger partial charge in [0.2, 0.25) is 0 Å². The molecular formula is C13H12INO3. The Morgan fingerprint density at radius 2 is 2.11 bits per heavy atom. The van der Waals surface area contributed by atoms with Crippen LogP contribution in [-0.2, 0) is 4.74 Å². The Hall–Kier alpha value is -1.34. The van der Waals surface area contributed by atoms with Gasteiger partial charge in [-0.05, 0) is 46.9 Å². The van der Waals surface area contributed by atoms with Gasteiger partial charge in [0.15, 0.2) is 5.76 Å². The molecule has 1 aromatic carbocycles. The number of amides is 1. The van der Waals surface area contributed by atoms with Crippen LogP contribution in [-0.4, -0.2) is 19.7 Å². The van der Waals surface area contributed by atoms with Gasteiger partial charge in [0.25, 0.3) is 5.91 Å². The van der Waals surface area contributed by atoms with Gasteiger partial charge in [-0.3, -0.25) is 9.69 Å². The molecule has 2 aromatic rings. The van der Waals surface area contributed by atoms with Crippen molar-refractivity contribution in [3.05, 3.63) is 52.0 Å². The molecule has 0 aliphatic heterocycles. The lowest BCUT2D eigenvalue weighted by Crippen LogP contribution is -2.33. The lowest BCUT2D eigenvalue weighted by atomic mass is 10.3.